The number of amides is 2. The van der Waals surface area contributed by atoms with E-state index in [4.69, 9.17) is 11.6 Å². The molecule has 2 heterocycles. The lowest BCUT2D eigenvalue weighted by Gasteiger charge is -2.35. The number of hydrogen-bond acceptors (Lipinski definition) is 4. The monoisotopic (exact) mass is 415 g/mol. The number of halogens is 1. The quantitative estimate of drug-likeness (QED) is 0.829. The van der Waals surface area contributed by atoms with Crippen LogP contribution in [0.5, 0.6) is 0 Å². The van der Waals surface area contributed by atoms with Crippen LogP contribution in [0.3, 0.4) is 0 Å². The second-order valence-corrected chi connectivity index (χ2v) is 8.63. The zero-order chi connectivity index (χ0) is 19.5. The first-order valence-corrected chi connectivity index (χ1v) is 10.8. The fourth-order valence-corrected chi connectivity index (χ4v) is 4.56. The highest BCUT2D eigenvalue weighted by Crippen LogP contribution is 2.31. The highest BCUT2D eigenvalue weighted by molar-refractivity contribution is 7.99. The molecule has 2 aromatic carbocycles. The molecule has 28 heavy (non-hydrogen) atoms. The van der Waals surface area contributed by atoms with E-state index in [-0.39, 0.29) is 11.8 Å². The summed E-state index contributed by atoms with van der Waals surface area (Å²) in [6.07, 6.45) is 0.498. The maximum Gasteiger partial charge on any atom is 0.254 e. The Kier molecular flexibility index (Phi) is 5.90. The van der Waals surface area contributed by atoms with E-state index in [0.29, 0.717) is 25.1 Å². The molecule has 0 aliphatic carbocycles. The SMILES string of the molecule is O=C1CCSc2ccc(C(=O)N3CCN(Cc4ccc(Cl)cc4)CC3)cc2N1. The summed E-state index contributed by atoms with van der Waals surface area (Å²) in [6.45, 7) is 3.94. The van der Waals surface area contributed by atoms with Gasteiger partial charge < -0.3 is 10.2 Å². The number of nitrogens with zero attached hydrogens (tertiary/aromatic N) is 2. The summed E-state index contributed by atoms with van der Waals surface area (Å²) in [5.41, 5.74) is 2.61. The predicted molar refractivity (Wildman–Crippen MR) is 113 cm³/mol. The van der Waals surface area contributed by atoms with Crippen molar-refractivity contribution in [1.29, 1.82) is 0 Å². The predicted octanol–water partition coefficient (Wildman–Crippen LogP) is 3.73. The Morgan fingerprint density at radius 2 is 1.82 bits per heavy atom. The van der Waals surface area contributed by atoms with Gasteiger partial charge in [0.15, 0.2) is 0 Å². The lowest BCUT2D eigenvalue weighted by atomic mass is 10.1. The van der Waals surface area contributed by atoms with E-state index >= 15 is 0 Å². The van der Waals surface area contributed by atoms with Gasteiger partial charge in [0.05, 0.1) is 5.69 Å². The number of nitrogens with one attached hydrogen (secondary N) is 1. The van der Waals surface area contributed by atoms with Gasteiger partial charge in [-0.2, -0.15) is 0 Å². The van der Waals surface area contributed by atoms with E-state index < -0.39 is 0 Å². The average molecular weight is 416 g/mol. The van der Waals surface area contributed by atoms with Crippen molar-refractivity contribution in [3.8, 4) is 0 Å². The summed E-state index contributed by atoms with van der Waals surface area (Å²) < 4.78 is 0. The molecule has 1 saturated heterocycles. The van der Waals surface area contributed by atoms with Gasteiger partial charge in [0.25, 0.3) is 5.91 Å². The molecule has 7 heteroatoms. The summed E-state index contributed by atoms with van der Waals surface area (Å²) in [6, 6.07) is 13.5. The number of anilines is 1. The van der Waals surface area contributed by atoms with Crippen molar-refractivity contribution in [3.63, 3.8) is 0 Å². The molecule has 0 saturated carbocycles. The van der Waals surface area contributed by atoms with Gasteiger partial charge in [-0.15, -0.1) is 11.8 Å². The first-order chi connectivity index (χ1) is 13.6. The fourth-order valence-electron chi connectivity index (χ4n) is 3.49. The molecule has 0 bridgehead atoms. The second kappa shape index (κ2) is 8.55. The zero-order valence-electron chi connectivity index (χ0n) is 15.5. The third-order valence-electron chi connectivity index (χ3n) is 5.07. The van der Waals surface area contributed by atoms with Crippen LogP contribution in [0.15, 0.2) is 47.4 Å². The van der Waals surface area contributed by atoms with Gasteiger partial charge in [0, 0.05) is 60.4 Å². The molecule has 4 rings (SSSR count). The smallest absolute Gasteiger partial charge is 0.254 e. The van der Waals surface area contributed by atoms with Crippen molar-refractivity contribution in [2.24, 2.45) is 0 Å². The third-order valence-corrected chi connectivity index (χ3v) is 6.39. The Hall–Kier alpha value is -2.02. The molecule has 2 aromatic rings. The Bertz CT molecular complexity index is 880. The van der Waals surface area contributed by atoms with E-state index in [1.165, 1.54) is 5.56 Å². The van der Waals surface area contributed by atoms with Gasteiger partial charge in [-0.05, 0) is 35.9 Å². The van der Waals surface area contributed by atoms with Crippen LogP contribution in [-0.2, 0) is 11.3 Å². The first-order valence-electron chi connectivity index (χ1n) is 9.41. The van der Waals surface area contributed by atoms with Gasteiger partial charge in [0.1, 0.15) is 0 Å². The van der Waals surface area contributed by atoms with Crippen LogP contribution in [-0.4, -0.2) is 53.5 Å². The van der Waals surface area contributed by atoms with Crippen molar-refractivity contribution in [2.45, 2.75) is 17.9 Å². The highest BCUT2D eigenvalue weighted by Gasteiger charge is 2.23. The van der Waals surface area contributed by atoms with Crippen molar-refractivity contribution in [1.82, 2.24) is 9.80 Å². The minimum absolute atomic E-state index is 0.00617. The van der Waals surface area contributed by atoms with Crippen LogP contribution in [0.2, 0.25) is 5.02 Å². The largest absolute Gasteiger partial charge is 0.336 e. The van der Waals surface area contributed by atoms with E-state index in [2.05, 4.69) is 10.2 Å². The summed E-state index contributed by atoms with van der Waals surface area (Å²) in [4.78, 5) is 30.0. The van der Waals surface area contributed by atoms with E-state index in [1.54, 1.807) is 11.8 Å². The zero-order valence-corrected chi connectivity index (χ0v) is 17.1. The number of thioether (sulfide) groups is 1. The number of hydrogen-bond donors (Lipinski definition) is 1. The van der Waals surface area contributed by atoms with Gasteiger partial charge >= 0.3 is 0 Å². The number of fused-ring (bicyclic) bond motifs is 1. The van der Waals surface area contributed by atoms with Crippen LogP contribution < -0.4 is 5.32 Å². The highest BCUT2D eigenvalue weighted by atomic mass is 35.5. The molecule has 1 N–H and O–H groups in total. The molecule has 5 nitrogen and oxygen atoms in total. The summed E-state index contributed by atoms with van der Waals surface area (Å²) in [7, 11) is 0. The number of piperazine rings is 1. The van der Waals surface area contributed by atoms with Gasteiger partial charge in [-0.25, -0.2) is 0 Å². The minimum Gasteiger partial charge on any atom is -0.336 e. The Morgan fingerprint density at radius 3 is 2.57 bits per heavy atom. The maximum atomic E-state index is 12.9. The Labute approximate surface area is 174 Å². The standard InChI is InChI=1S/C21H22ClN3O2S/c22-17-4-1-15(2-5-17)14-24-8-10-25(11-9-24)21(27)16-3-6-19-18(13-16)23-20(26)7-12-28-19/h1-6,13H,7-12,14H2,(H,23,26). The molecule has 0 aromatic heterocycles. The van der Waals surface area contributed by atoms with Gasteiger partial charge in [-0.3, -0.25) is 14.5 Å². The molecule has 2 aliphatic heterocycles. The summed E-state index contributed by atoms with van der Waals surface area (Å²) in [5.74, 6) is 0.797. The van der Waals surface area contributed by atoms with Crippen molar-refractivity contribution >= 4 is 40.9 Å². The Morgan fingerprint density at radius 1 is 1.07 bits per heavy atom. The molecule has 0 atom stereocenters. The molecule has 2 aliphatic rings. The van der Waals surface area contributed by atoms with Crippen LogP contribution in [0.1, 0.15) is 22.3 Å². The number of carbonyl (C=O) groups excluding carboxylic acids is 2. The van der Waals surface area contributed by atoms with Crippen LogP contribution in [0.25, 0.3) is 0 Å². The molecule has 0 radical (unpaired) electrons. The van der Waals surface area contributed by atoms with Crippen molar-refractivity contribution in [2.75, 3.05) is 37.2 Å². The molecular weight excluding hydrogens is 394 g/mol. The second-order valence-electron chi connectivity index (χ2n) is 7.05. The van der Waals surface area contributed by atoms with Gasteiger partial charge in [-0.1, -0.05) is 23.7 Å². The molecule has 146 valence electrons. The molecular formula is C21H22ClN3O2S. The lowest BCUT2D eigenvalue weighted by Crippen LogP contribution is -2.48. The van der Waals surface area contributed by atoms with Crippen molar-refractivity contribution in [3.05, 3.63) is 58.6 Å². The minimum atomic E-state index is 0.00617. The van der Waals surface area contributed by atoms with Crippen LogP contribution >= 0.6 is 23.4 Å². The first kappa shape index (κ1) is 19.3. The molecule has 0 unspecified atom stereocenters. The molecule has 1 fully saturated rings. The average Bonchev–Trinajstić information content (AvgIpc) is 2.89. The van der Waals surface area contributed by atoms with E-state index in [9.17, 15) is 9.59 Å². The van der Waals surface area contributed by atoms with Gasteiger partial charge in [0.2, 0.25) is 5.91 Å². The maximum absolute atomic E-state index is 12.9. The number of rotatable bonds is 3. The number of carbonyl (C=O) groups is 2. The topological polar surface area (TPSA) is 52.7 Å². The lowest BCUT2D eigenvalue weighted by molar-refractivity contribution is -0.115. The Balaban J connectivity index is 1.37. The third kappa shape index (κ3) is 4.51. The normalized spacial score (nSPS) is 17.6. The summed E-state index contributed by atoms with van der Waals surface area (Å²) >= 11 is 7.59. The number of benzene rings is 2. The van der Waals surface area contributed by atoms with E-state index in [0.717, 1.165) is 41.0 Å². The molecule has 2 amide bonds. The summed E-state index contributed by atoms with van der Waals surface area (Å²) in [5, 5.41) is 3.66. The van der Waals surface area contributed by atoms with Crippen LogP contribution in [0.4, 0.5) is 5.69 Å². The molecule has 0 spiro atoms. The fraction of sp³-hybridized carbons (Fsp3) is 0.333. The van der Waals surface area contributed by atoms with E-state index in [1.807, 2.05) is 47.4 Å². The van der Waals surface area contributed by atoms with Crippen LogP contribution in [0, 0.1) is 0 Å². The van der Waals surface area contributed by atoms with Crippen molar-refractivity contribution < 1.29 is 9.59 Å².